The minimum atomic E-state index is 0. The number of guanidine groups is 1. The summed E-state index contributed by atoms with van der Waals surface area (Å²) in [5.41, 5.74) is 1.26. The van der Waals surface area contributed by atoms with Crippen molar-refractivity contribution in [2.24, 2.45) is 10.9 Å². The Morgan fingerprint density at radius 3 is 2.48 bits per heavy atom. The summed E-state index contributed by atoms with van der Waals surface area (Å²) in [5, 5.41) is 3.53. The molecule has 1 N–H and O–H groups in total. The average molecular weight is 495 g/mol. The van der Waals surface area contributed by atoms with Gasteiger partial charge >= 0.3 is 0 Å². The van der Waals surface area contributed by atoms with E-state index < -0.39 is 0 Å². The Morgan fingerprint density at radius 2 is 1.96 bits per heavy atom. The summed E-state index contributed by atoms with van der Waals surface area (Å²) in [7, 11) is 8.26. The van der Waals surface area contributed by atoms with Crippen LogP contribution in [0.25, 0.3) is 0 Å². The predicted molar refractivity (Wildman–Crippen MR) is 113 cm³/mol. The molecule has 0 bridgehead atoms. The van der Waals surface area contributed by atoms with Gasteiger partial charge in [-0.1, -0.05) is 34.1 Å². The van der Waals surface area contributed by atoms with Crippen molar-refractivity contribution in [3.05, 3.63) is 34.3 Å². The molecule has 0 spiro atoms. The first-order valence-electron chi connectivity index (χ1n) is 7.84. The summed E-state index contributed by atoms with van der Waals surface area (Å²) in [4.78, 5) is 8.91. The maximum Gasteiger partial charge on any atom is 0.193 e. The predicted octanol–water partition coefficient (Wildman–Crippen LogP) is 3.41. The zero-order valence-corrected chi connectivity index (χ0v) is 18.3. The number of aliphatic imine (C=N–C) groups is 1. The van der Waals surface area contributed by atoms with E-state index in [1.54, 1.807) is 0 Å². The number of nitrogens with zero attached hydrogens (tertiary/aromatic N) is 3. The van der Waals surface area contributed by atoms with Gasteiger partial charge in [0.05, 0.1) is 0 Å². The molecule has 4 nitrogen and oxygen atoms in total. The summed E-state index contributed by atoms with van der Waals surface area (Å²) in [6.07, 6.45) is 2.71. The van der Waals surface area contributed by atoms with Crippen LogP contribution in [-0.4, -0.2) is 56.5 Å². The highest BCUT2D eigenvalue weighted by molar-refractivity contribution is 14.0. The van der Waals surface area contributed by atoms with Gasteiger partial charge in [-0.3, -0.25) is 4.99 Å². The first-order valence-corrected chi connectivity index (χ1v) is 8.64. The van der Waals surface area contributed by atoms with E-state index in [2.05, 4.69) is 75.4 Å². The lowest BCUT2D eigenvalue weighted by molar-refractivity contribution is 0.262. The highest BCUT2D eigenvalue weighted by Crippen LogP contribution is 2.34. The van der Waals surface area contributed by atoms with Crippen LogP contribution in [0.3, 0.4) is 0 Å². The Hall–Kier alpha value is -0.340. The van der Waals surface area contributed by atoms with Gasteiger partial charge in [-0.2, -0.15) is 0 Å². The molecule has 6 heteroatoms. The van der Waals surface area contributed by atoms with E-state index in [-0.39, 0.29) is 24.0 Å². The van der Waals surface area contributed by atoms with Gasteiger partial charge in [-0.05, 0) is 44.5 Å². The van der Waals surface area contributed by atoms with Crippen molar-refractivity contribution in [2.45, 2.75) is 25.4 Å². The minimum Gasteiger partial charge on any atom is -0.355 e. The molecule has 130 valence electrons. The first kappa shape index (κ1) is 20.7. The Balaban J connectivity index is 0.00000264. The van der Waals surface area contributed by atoms with Crippen LogP contribution in [-0.2, 0) is 6.54 Å². The molecule has 1 aliphatic carbocycles. The van der Waals surface area contributed by atoms with Gasteiger partial charge in [0.25, 0.3) is 0 Å². The third-order valence-electron chi connectivity index (χ3n) is 4.24. The van der Waals surface area contributed by atoms with E-state index in [4.69, 9.17) is 0 Å². The van der Waals surface area contributed by atoms with Crippen molar-refractivity contribution in [3.63, 3.8) is 0 Å². The number of likely N-dealkylation sites (N-methyl/N-ethyl adjacent to an activating group) is 1. The van der Waals surface area contributed by atoms with Gasteiger partial charge in [0.2, 0.25) is 0 Å². The Bertz CT molecular complexity index is 515. The van der Waals surface area contributed by atoms with E-state index >= 15 is 0 Å². The largest absolute Gasteiger partial charge is 0.355 e. The van der Waals surface area contributed by atoms with Crippen LogP contribution in [0.4, 0.5) is 0 Å². The average Bonchev–Trinajstić information content (AvgIpc) is 3.30. The fourth-order valence-electron chi connectivity index (χ4n) is 2.79. The third kappa shape index (κ3) is 6.23. The second kappa shape index (κ2) is 9.84. The van der Waals surface area contributed by atoms with Gasteiger partial charge in [0, 0.05) is 37.7 Å². The van der Waals surface area contributed by atoms with Crippen molar-refractivity contribution in [2.75, 3.05) is 34.7 Å². The van der Waals surface area contributed by atoms with Gasteiger partial charge in [0.15, 0.2) is 5.96 Å². The summed E-state index contributed by atoms with van der Waals surface area (Å²) >= 11 is 3.61. The van der Waals surface area contributed by atoms with Crippen LogP contribution in [0.15, 0.2) is 33.7 Å². The van der Waals surface area contributed by atoms with Crippen LogP contribution < -0.4 is 5.32 Å². The Morgan fingerprint density at radius 1 is 1.30 bits per heavy atom. The van der Waals surface area contributed by atoms with E-state index in [0.29, 0.717) is 6.04 Å². The van der Waals surface area contributed by atoms with Crippen LogP contribution in [0.5, 0.6) is 0 Å². The normalized spacial score (nSPS) is 16.0. The van der Waals surface area contributed by atoms with Crippen molar-refractivity contribution < 1.29 is 0 Å². The topological polar surface area (TPSA) is 30.9 Å². The second-order valence-electron chi connectivity index (χ2n) is 6.24. The maximum atomic E-state index is 4.42. The number of benzene rings is 1. The molecular weight excluding hydrogens is 467 g/mol. The third-order valence-corrected chi connectivity index (χ3v) is 5.01. The lowest BCUT2D eigenvalue weighted by atomic mass is 10.1. The number of halogens is 2. The molecule has 1 unspecified atom stereocenters. The lowest BCUT2D eigenvalue weighted by Crippen LogP contribution is -2.46. The summed E-state index contributed by atoms with van der Waals surface area (Å²) in [6.45, 7) is 1.78. The zero-order chi connectivity index (χ0) is 16.1. The molecule has 1 saturated carbocycles. The quantitative estimate of drug-likeness (QED) is 0.373. The van der Waals surface area contributed by atoms with E-state index in [1.165, 1.54) is 18.4 Å². The molecular formula is C17H28BrIN4. The van der Waals surface area contributed by atoms with Gasteiger partial charge < -0.3 is 15.1 Å². The molecule has 0 radical (unpaired) electrons. The number of nitrogens with one attached hydrogen (secondary N) is 1. The SMILES string of the molecule is CN=C(NCC(C1CC1)N(C)C)N(C)Cc1ccccc1Br.I. The molecule has 1 aliphatic rings. The molecule has 0 aromatic heterocycles. The molecule has 0 heterocycles. The maximum absolute atomic E-state index is 4.42. The Kier molecular flexibility index (Phi) is 8.85. The van der Waals surface area contributed by atoms with Crippen molar-refractivity contribution in [3.8, 4) is 0 Å². The molecule has 1 atom stereocenters. The highest BCUT2D eigenvalue weighted by Gasteiger charge is 2.32. The van der Waals surface area contributed by atoms with Crippen LogP contribution in [0, 0.1) is 5.92 Å². The van der Waals surface area contributed by atoms with Gasteiger partial charge in [-0.25, -0.2) is 0 Å². The molecule has 1 fully saturated rings. The molecule has 23 heavy (non-hydrogen) atoms. The fraction of sp³-hybridized carbons (Fsp3) is 0.588. The van der Waals surface area contributed by atoms with Crippen LogP contribution in [0.1, 0.15) is 18.4 Å². The number of hydrogen-bond donors (Lipinski definition) is 1. The van der Waals surface area contributed by atoms with E-state index in [0.717, 1.165) is 29.4 Å². The summed E-state index contributed by atoms with van der Waals surface area (Å²) < 4.78 is 1.14. The second-order valence-corrected chi connectivity index (χ2v) is 7.10. The molecule has 1 aromatic carbocycles. The monoisotopic (exact) mass is 494 g/mol. The van der Waals surface area contributed by atoms with Gasteiger partial charge in [0.1, 0.15) is 0 Å². The van der Waals surface area contributed by atoms with Crippen LogP contribution >= 0.6 is 39.9 Å². The number of rotatable bonds is 6. The highest BCUT2D eigenvalue weighted by atomic mass is 127. The van der Waals surface area contributed by atoms with Crippen molar-refractivity contribution >= 4 is 45.9 Å². The molecule has 1 aromatic rings. The van der Waals surface area contributed by atoms with Gasteiger partial charge in [-0.15, -0.1) is 24.0 Å². The molecule has 2 rings (SSSR count). The standard InChI is InChI=1S/C17H27BrN4.HI/c1-19-17(20-11-16(21(2)3)13-9-10-13)22(4)12-14-7-5-6-8-15(14)18;/h5-8,13,16H,9-12H2,1-4H3,(H,19,20);1H. The van der Waals surface area contributed by atoms with E-state index in [9.17, 15) is 0 Å². The van der Waals surface area contributed by atoms with Crippen molar-refractivity contribution in [1.29, 1.82) is 0 Å². The number of hydrogen-bond acceptors (Lipinski definition) is 2. The molecule has 0 saturated heterocycles. The molecule has 0 aliphatic heterocycles. The fourth-order valence-corrected chi connectivity index (χ4v) is 3.20. The molecule has 0 amide bonds. The Labute approximate surface area is 165 Å². The van der Waals surface area contributed by atoms with Crippen LogP contribution in [0.2, 0.25) is 0 Å². The first-order chi connectivity index (χ1) is 10.5. The minimum absolute atomic E-state index is 0. The smallest absolute Gasteiger partial charge is 0.193 e. The van der Waals surface area contributed by atoms with E-state index in [1.807, 2.05) is 13.1 Å². The summed E-state index contributed by atoms with van der Waals surface area (Å²) in [5.74, 6) is 1.79. The lowest BCUT2D eigenvalue weighted by Gasteiger charge is -2.28. The van der Waals surface area contributed by atoms with Crippen molar-refractivity contribution in [1.82, 2.24) is 15.1 Å². The summed E-state index contributed by atoms with van der Waals surface area (Å²) in [6, 6.07) is 8.92. The zero-order valence-electron chi connectivity index (χ0n) is 14.4.